The minimum absolute atomic E-state index is 1.12. The Labute approximate surface area is 72.7 Å². The summed E-state index contributed by atoms with van der Waals surface area (Å²) in [4.78, 5) is 20.5. The number of aliphatic carboxylic acids is 2. The van der Waals surface area contributed by atoms with Crippen LogP contribution in [0.2, 0.25) is 0 Å². The summed E-state index contributed by atoms with van der Waals surface area (Å²) in [5, 5.41) is 16.7. The van der Waals surface area contributed by atoms with Crippen molar-refractivity contribution in [3.8, 4) is 0 Å². The maximum Gasteiger partial charge on any atom is 0.341 e. The topological polar surface area (TPSA) is 74.6 Å². The lowest BCUT2D eigenvalue weighted by molar-refractivity contribution is -0.148. The third-order valence-corrected chi connectivity index (χ3v) is 2.18. The minimum atomic E-state index is -2.26. The fourth-order valence-corrected chi connectivity index (χ4v) is 0.527. The third-order valence-electron chi connectivity index (χ3n) is 1.20. The normalized spacial score (nSPS) is 14.1. The van der Waals surface area contributed by atoms with Crippen LogP contribution < -0.4 is 0 Å². The van der Waals surface area contributed by atoms with Gasteiger partial charge in [0.1, 0.15) is 0 Å². The second kappa shape index (κ2) is 3.28. The predicted molar refractivity (Wildman–Crippen MR) is 38.9 cm³/mol. The molecule has 0 spiro atoms. The van der Waals surface area contributed by atoms with E-state index in [-0.39, 0.29) is 0 Å². The van der Waals surface area contributed by atoms with Gasteiger partial charge in [-0.25, -0.2) is 4.79 Å². The Morgan fingerprint density at radius 2 is 1.73 bits per heavy atom. The highest BCUT2D eigenvalue weighted by Crippen LogP contribution is 2.30. The molecular weight excluding hydrogens is 195 g/mol. The molecule has 0 heterocycles. The largest absolute Gasteiger partial charge is 0.481 e. The van der Waals surface area contributed by atoms with Crippen LogP contribution in [-0.2, 0) is 9.59 Å². The summed E-state index contributed by atoms with van der Waals surface area (Å²) < 4.78 is -2.26. The molecule has 0 aliphatic rings. The molecule has 0 saturated carbocycles. The van der Waals surface area contributed by atoms with E-state index >= 15 is 0 Å². The van der Waals surface area contributed by atoms with E-state index < -0.39 is 22.2 Å². The quantitative estimate of drug-likeness (QED) is 0.667. The Kier molecular flexibility index (Phi) is 3.13. The summed E-state index contributed by atoms with van der Waals surface area (Å²) in [6, 6.07) is 0. The number of hydrogen-bond acceptors (Lipinski definition) is 2. The molecule has 1 atom stereocenters. The second-order valence-electron chi connectivity index (χ2n) is 1.99. The molecule has 0 aliphatic carbocycles. The summed E-state index contributed by atoms with van der Waals surface area (Å²) >= 11 is 10.4. The highest BCUT2D eigenvalue weighted by atomic mass is 35.5. The first kappa shape index (κ1) is 10.5. The molecule has 11 heavy (non-hydrogen) atoms. The summed E-state index contributed by atoms with van der Waals surface area (Å²) in [7, 11) is 0. The van der Waals surface area contributed by atoms with Gasteiger partial charge in [0.25, 0.3) is 0 Å². The zero-order valence-corrected chi connectivity index (χ0v) is 7.06. The van der Waals surface area contributed by atoms with Crippen molar-refractivity contribution in [1.82, 2.24) is 0 Å². The molecule has 0 aliphatic heterocycles. The molecule has 0 fully saturated rings. The van der Waals surface area contributed by atoms with E-state index in [0.717, 1.165) is 6.92 Å². The lowest BCUT2D eigenvalue weighted by Gasteiger charge is -2.17. The zero-order chi connectivity index (χ0) is 9.23. The highest BCUT2D eigenvalue weighted by molar-refractivity contribution is 6.58. The number of carbonyl (C=O) groups is 2. The molecule has 0 amide bonds. The first-order valence-electron chi connectivity index (χ1n) is 2.64. The first-order valence-corrected chi connectivity index (χ1v) is 3.39. The number of hydrogen-bond donors (Lipinski definition) is 2. The van der Waals surface area contributed by atoms with Crippen molar-refractivity contribution in [3.63, 3.8) is 0 Å². The van der Waals surface area contributed by atoms with Gasteiger partial charge in [0.2, 0.25) is 4.33 Å². The van der Waals surface area contributed by atoms with Crippen molar-refractivity contribution < 1.29 is 19.8 Å². The monoisotopic (exact) mass is 200 g/mol. The van der Waals surface area contributed by atoms with E-state index in [1.807, 2.05) is 0 Å². The van der Waals surface area contributed by atoms with Crippen LogP contribution in [0.4, 0.5) is 0 Å². The van der Waals surface area contributed by atoms with Crippen molar-refractivity contribution in [3.05, 3.63) is 0 Å². The maximum absolute atomic E-state index is 10.2. The van der Waals surface area contributed by atoms with E-state index in [1.54, 1.807) is 0 Å². The van der Waals surface area contributed by atoms with Gasteiger partial charge in [-0.05, 0) is 6.92 Å². The number of alkyl halides is 2. The van der Waals surface area contributed by atoms with Crippen LogP contribution in [0.15, 0.2) is 0 Å². The second-order valence-corrected chi connectivity index (χ2v) is 3.37. The van der Waals surface area contributed by atoms with Crippen molar-refractivity contribution >= 4 is 35.1 Å². The Hall–Kier alpha value is -0.480. The van der Waals surface area contributed by atoms with Gasteiger partial charge in [-0.3, -0.25) is 4.79 Å². The molecule has 2 N–H and O–H groups in total. The number of carboxylic acids is 2. The van der Waals surface area contributed by atoms with Gasteiger partial charge in [0.15, 0.2) is 0 Å². The van der Waals surface area contributed by atoms with Crippen molar-refractivity contribution in [1.29, 1.82) is 0 Å². The van der Waals surface area contributed by atoms with Crippen molar-refractivity contribution in [2.75, 3.05) is 0 Å². The SMILES string of the molecule is CC(C(=O)O)C(Cl)(Cl)C(=O)O. The Bertz CT molecular complexity index is 189. The maximum atomic E-state index is 10.2. The minimum Gasteiger partial charge on any atom is -0.481 e. The summed E-state index contributed by atoms with van der Waals surface area (Å²) in [6.45, 7) is 1.12. The zero-order valence-electron chi connectivity index (χ0n) is 5.54. The number of carboxylic acid groups (broad SMARTS) is 2. The smallest absolute Gasteiger partial charge is 0.341 e. The average Bonchev–Trinajstić information content (AvgIpc) is 1.85. The Morgan fingerprint density at radius 3 is 1.82 bits per heavy atom. The van der Waals surface area contributed by atoms with Gasteiger partial charge in [-0.1, -0.05) is 23.2 Å². The standard InChI is InChI=1S/C5H6Cl2O4/c1-2(3(8)9)5(6,7)4(10)11/h2H,1H3,(H,8,9)(H,10,11). The van der Waals surface area contributed by atoms with Crippen molar-refractivity contribution in [2.24, 2.45) is 5.92 Å². The van der Waals surface area contributed by atoms with Gasteiger partial charge >= 0.3 is 11.9 Å². The molecule has 0 saturated heterocycles. The summed E-state index contributed by atoms with van der Waals surface area (Å²) in [5.41, 5.74) is 0. The summed E-state index contributed by atoms with van der Waals surface area (Å²) in [5.74, 6) is -4.25. The van der Waals surface area contributed by atoms with E-state index in [2.05, 4.69) is 0 Å². The molecular formula is C5H6Cl2O4. The first-order chi connectivity index (χ1) is 4.80. The highest BCUT2D eigenvalue weighted by Gasteiger charge is 2.44. The molecule has 0 radical (unpaired) electrons. The molecule has 0 bridgehead atoms. The van der Waals surface area contributed by atoms with Crippen LogP contribution in [0.25, 0.3) is 0 Å². The molecule has 0 aromatic rings. The van der Waals surface area contributed by atoms with E-state index in [0.29, 0.717) is 0 Å². The Balaban J connectivity index is 4.55. The van der Waals surface area contributed by atoms with Crippen LogP contribution in [0.3, 0.4) is 0 Å². The Morgan fingerprint density at radius 1 is 1.36 bits per heavy atom. The number of halogens is 2. The predicted octanol–water partition coefficient (Wildman–Crippen LogP) is 0.966. The molecule has 0 aromatic carbocycles. The third kappa shape index (κ3) is 2.24. The van der Waals surface area contributed by atoms with Crippen LogP contribution in [0.1, 0.15) is 6.92 Å². The van der Waals surface area contributed by atoms with Crippen LogP contribution >= 0.6 is 23.2 Å². The lowest BCUT2D eigenvalue weighted by Crippen LogP contribution is -2.37. The molecule has 4 nitrogen and oxygen atoms in total. The van der Waals surface area contributed by atoms with Gasteiger partial charge in [-0.2, -0.15) is 0 Å². The molecule has 1 unspecified atom stereocenters. The van der Waals surface area contributed by atoms with Crippen molar-refractivity contribution in [2.45, 2.75) is 11.3 Å². The molecule has 0 aromatic heterocycles. The molecule has 6 heteroatoms. The average molecular weight is 201 g/mol. The van der Waals surface area contributed by atoms with Gasteiger partial charge < -0.3 is 10.2 Å². The fourth-order valence-electron chi connectivity index (χ4n) is 0.340. The van der Waals surface area contributed by atoms with Gasteiger partial charge in [-0.15, -0.1) is 0 Å². The van der Waals surface area contributed by atoms with Gasteiger partial charge in [0.05, 0.1) is 5.92 Å². The van der Waals surface area contributed by atoms with Crippen LogP contribution in [-0.4, -0.2) is 26.5 Å². The molecule has 0 rings (SSSR count). The van der Waals surface area contributed by atoms with Crippen LogP contribution in [0, 0.1) is 5.92 Å². The van der Waals surface area contributed by atoms with E-state index in [1.165, 1.54) is 0 Å². The van der Waals surface area contributed by atoms with Gasteiger partial charge in [0, 0.05) is 0 Å². The molecule has 64 valence electrons. The lowest BCUT2D eigenvalue weighted by atomic mass is 10.1. The number of rotatable bonds is 3. The van der Waals surface area contributed by atoms with E-state index in [9.17, 15) is 9.59 Å². The fraction of sp³-hybridized carbons (Fsp3) is 0.600. The van der Waals surface area contributed by atoms with Crippen LogP contribution in [0.5, 0.6) is 0 Å². The summed E-state index contributed by atoms with van der Waals surface area (Å²) in [6.07, 6.45) is 0. The van der Waals surface area contributed by atoms with E-state index in [4.69, 9.17) is 33.4 Å².